The van der Waals surface area contributed by atoms with Crippen LogP contribution in [0.15, 0.2) is 60.9 Å². The molecule has 2 atom stereocenters. The maximum Gasteiger partial charge on any atom is 2.00 e. The summed E-state index contributed by atoms with van der Waals surface area (Å²) in [5.74, 6) is 0.819. The van der Waals surface area contributed by atoms with Crippen molar-refractivity contribution in [1.29, 1.82) is 0 Å². The fourth-order valence-electron chi connectivity index (χ4n) is 4.31. The number of hydrogen-bond acceptors (Lipinski definition) is 9. The number of nitrogens with one attached hydrogen (secondary N) is 4. The van der Waals surface area contributed by atoms with E-state index in [1.165, 1.54) is 0 Å². The Kier molecular flexibility index (Phi) is 15.2. The monoisotopic (exact) mass is 732 g/mol. The third-order valence-electron chi connectivity index (χ3n) is 6.26. The first-order valence-corrected chi connectivity index (χ1v) is 14.6. The number of H-pyrrole nitrogens is 2. The van der Waals surface area contributed by atoms with Crippen LogP contribution in [0.2, 0.25) is 0 Å². The largest absolute Gasteiger partial charge is 2.00 e. The zero-order valence-electron chi connectivity index (χ0n) is 24.1. The van der Waals surface area contributed by atoms with Crippen LogP contribution in [-0.4, -0.2) is 58.4 Å². The topological polar surface area (TPSA) is 201 Å². The van der Waals surface area contributed by atoms with Crippen LogP contribution in [-0.2, 0) is 62.8 Å². The Hall–Kier alpha value is -3.95. The predicted molar refractivity (Wildman–Crippen MR) is 170 cm³/mol. The van der Waals surface area contributed by atoms with Gasteiger partial charge in [-0.1, -0.05) is 30.3 Å². The quantitative estimate of drug-likeness (QED) is 0.166. The van der Waals surface area contributed by atoms with Gasteiger partial charge in [-0.25, -0.2) is 22.0 Å². The number of carbonyl (C=O) groups excluding carboxylic acids is 4. The Labute approximate surface area is 290 Å². The molecule has 3 heterocycles. The molecule has 46 heavy (non-hydrogen) atoms. The molecule has 2 unspecified atom stereocenters. The van der Waals surface area contributed by atoms with Gasteiger partial charge in [0.1, 0.15) is 12.4 Å². The smallest absolute Gasteiger partial charge is 0.632 e. The second-order valence-corrected chi connectivity index (χ2v) is 10.6. The number of benzene rings is 3. The molecule has 2 aromatic heterocycles. The van der Waals surface area contributed by atoms with Crippen LogP contribution in [0.4, 0.5) is 9.59 Å². The van der Waals surface area contributed by atoms with Gasteiger partial charge in [0, 0.05) is 22.3 Å². The molecule has 2 radical (unpaired) electrons. The summed E-state index contributed by atoms with van der Waals surface area (Å²) in [7, 11) is 2.12. The van der Waals surface area contributed by atoms with Gasteiger partial charge >= 0.3 is 37.1 Å². The molecule has 1 aliphatic rings. The summed E-state index contributed by atoms with van der Waals surface area (Å²) in [5.41, 5.74) is 20.2. The molecular formula is C29H24N6O7P2V2. The molecule has 13 nitrogen and oxygen atoms in total. The molecule has 232 valence electrons. The van der Waals surface area contributed by atoms with Gasteiger partial charge in [0.05, 0.1) is 49.1 Å². The standard InChI is InChI=1S/C25H16N4O3P2.2C2H5NO2.2V/c30-12-33-24-26-9-21(28-24)15-2-4-17-14(7-15)1-5-18-19-6-3-16(8-23(19)32-11-20(17)18)22-10-27-25(29-22)34-13-31;2*1-5-2(3)4;;/h1-10,33-34H,11H2,(H,26,28)(H,27,29);2*1H3,(H2,3,4);;/q-2;;;2*+2/p-2. The molecule has 0 spiro atoms. The molecule has 4 N–H and O–H groups in total. The molecule has 2 amide bonds. The van der Waals surface area contributed by atoms with Crippen molar-refractivity contribution < 1.29 is 70.5 Å². The van der Waals surface area contributed by atoms with E-state index >= 15 is 0 Å². The van der Waals surface area contributed by atoms with Crippen molar-refractivity contribution in [3.8, 4) is 39.4 Å². The normalized spacial score (nSPS) is 10.9. The van der Waals surface area contributed by atoms with Crippen LogP contribution >= 0.6 is 17.2 Å². The number of aromatic amines is 2. The van der Waals surface area contributed by atoms with E-state index in [0.717, 1.165) is 69.9 Å². The number of rotatable bonds is 6. The van der Waals surface area contributed by atoms with Gasteiger partial charge in [-0.15, -0.1) is 0 Å². The Morgan fingerprint density at radius 1 is 0.804 bits per heavy atom. The summed E-state index contributed by atoms with van der Waals surface area (Å²) in [6, 6.07) is 20.4. The van der Waals surface area contributed by atoms with E-state index in [1.807, 2.05) is 24.2 Å². The molecule has 0 fully saturated rings. The van der Waals surface area contributed by atoms with E-state index in [1.54, 1.807) is 12.4 Å². The first-order valence-electron chi connectivity index (χ1n) is 12.6. The molecule has 0 bridgehead atoms. The Bertz CT molecular complexity index is 1820. The Morgan fingerprint density at radius 2 is 1.30 bits per heavy atom. The molecule has 0 aliphatic carbocycles. The predicted octanol–water partition coefficient (Wildman–Crippen LogP) is 5.53. The summed E-state index contributed by atoms with van der Waals surface area (Å²) in [4.78, 5) is 54.6. The fourth-order valence-corrected chi connectivity index (χ4v) is 5.16. The van der Waals surface area contributed by atoms with Gasteiger partial charge < -0.3 is 45.2 Å². The minimum Gasteiger partial charge on any atom is -0.632 e. The number of amides is 2. The Balaban J connectivity index is 0.000000540. The summed E-state index contributed by atoms with van der Waals surface area (Å²) < 4.78 is 13.7. The second-order valence-electron chi connectivity index (χ2n) is 8.76. The summed E-state index contributed by atoms with van der Waals surface area (Å²) in [6.45, 7) is 0.475. The number of carbonyl (C=O) groups is 2. The summed E-state index contributed by atoms with van der Waals surface area (Å²) in [5, 5.41) is 2.25. The van der Waals surface area contributed by atoms with E-state index in [2.05, 4.69) is 65.8 Å². The fraction of sp³-hybridized carbons (Fsp3) is 0.103. The minimum absolute atomic E-state index is 0. The minimum atomic E-state index is -0.995. The molecular weight excluding hydrogens is 708 g/mol. The maximum atomic E-state index is 10.6. The number of nitrogens with zero attached hydrogens (tertiary/aromatic N) is 2. The van der Waals surface area contributed by atoms with E-state index in [9.17, 15) is 19.2 Å². The first kappa shape index (κ1) is 38.2. The molecule has 3 aromatic carbocycles. The van der Waals surface area contributed by atoms with Crippen LogP contribution in [0, 0.1) is 0 Å². The third kappa shape index (κ3) is 9.53. The van der Waals surface area contributed by atoms with Crippen LogP contribution in [0.5, 0.6) is 5.75 Å². The van der Waals surface area contributed by atoms with Gasteiger partial charge in [-0.3, -0.25) is 9.59 Å². The summed E-state index contributed by atoms with van der Waals surface area (Å²) in [6.07, 6.45) is 1.48. The number of methoxy groups -OCH3 is 2. The van der Waals surface area contributed by atoms with Crippen LogP contribution in [0.3, 0.4) is 0 Å². The van der Waals surface area contributed by atoms with E-state index in [4.69, 9.17) is 16.2 Å². The molecule has 17 heteroatoms. The van der Waals surface area contributed by atoms with Crippen LogP contribution < -0.4 is 15.9 Å². The molecule has 0 saturated heterocycles. The van der Waals surface area contributed by atoms with Crippen molar-refractivity contribution in [2.45, 2.75) is 6.61 Å². The first-order chi connectivity index (χ1) is 21.3. The van der Waals surface area contributed by atoms with Crippen molar-refractivity contribution in [3.63, 3.8) is 0 Å². The van der Waals surface area contributed by atoms with Crippen molar-refractivity contribution in [2.24, 2.45) is 0 Å². The van der Waals surface area contributed by atoms with Crippen LogP contribution in [0.25, 0.3) is 55.9 Å². The van der Waals surface area contributed by atoms with Gasteiger partial charge in [-0.2, -0.15) is 17.2 Å². The number of ether oxygens (including phenoxy) is 3. The summed E-state index contributed by atoms with van der Waals surface area (Å²) >= 11 is 0. The number of hydrogen-bond donors (Lipinski definition) is 2. The average molecular weight is 732 g/mol. The molecule has 0 saturated carbocycles. The van der Waals surface area contributed by atoms with E-state index in [-0.39, 0.29) is 54.3 Å². The molecule has 5 aromatic rings. The van der Waals surface area contributed by atoms with E-state index < -0.39 is 12.2 Å². The van der Waals surface area contributed by atoms with Crippen molar-refractivity contribution in [2.75, 3.05) is 14.2 Å². The van der Waals surface area contributed by atoms with Crippen molar-refractivity contribution in [1.82, 2.24) is 19.9 Å². The van der Waals surface area contributed by atoms with Crippen molar-refractivity contribution >= 4 is 63.3 Å². The molecule has 1 aliphatic heterocycles. The Morgan fingerprint density at radius 3 is 1.83 bits per heavy atom. The maximum absolute atomic E-state index is 10.6. The van der Waals surface area contributed by atoms with Gasteiger partial charge in [0.15, 0.2) is 0 Å². The zero-order chi connectivity index (χ0) is 31.6. The third-order valence-corrected chi connectivity index (χ3v) is 7.44. The van der Waals surface area contributed by atoms with Crippen LogP contribution in [0.1, 0.15) is 5.56 Å². The van der Waals surface area contributed by atoms with Crippen molar-refractivity contribution in [3.05, 3.63) is 78.0 Å². The average Bonchev–Trinajstić information content (AvgIpc) is 3.71. The zero-order valence-corrected chi connectivity index (χ0v) is 28.9. The van der Waals surface area contributed by atoms with Gasteiger partial charge in [0.25, 0.3) is 0 Å². The SMILES string of the molecule is COC([NH-])=O.COC([NH-])=O.O=[C-]Pc1ncc(-c2ccc3c(c2)OCc2c-3ccc3cc(-c4cnc(P[C-]=O)[nH]4)ccc23)[nH]1.[V+2].[V+2]. The molecule has 6 rings (SSSR count). The number of fused-ring (bicyclic) bond motifs is 5. The second kappa shape index (κ2) is 18.3. The number of aromatic nitrogens is 4. The van der Waals surface area contributed by atoms with E-state index in [0.29, 0.717) is 17.7 Å². The number of imidazole rings is 2. The van der Waals surface area contributed by atoms with Gasteiger partial charge in [-0.05, 0) is 34.5 Å². The van der Waals surface area contributed by atoms with Gasteiger partial charge in [0.2, 0.25) is 12.2 Å².